The Morgan fingerprint density at radius 3 is 2.68 bits per heavy atom. The average Bonchev–Trinajstić information content (AvgIpc) is 2.56. The summed E-state index contributed by atoms with van der Waals surface area (Å²) in [6.07, 6.45) is 12.0. The van der Waals surface area contributed by atoms with Crippen LogP contribution in [0.25, 0.3) is 0 Å². The Balaban J connectivity index is 1.64. The van der Waals surface area contributed by atoms with E-state index in [1.54, 1.807) is 12.1 Å². The molecule has 0 spiro atoms. The van der Waals surface area contributed by atoms with Gasteiger partial charge in [-0.25, -0.2) is 9.98 Å². The molecular weight excluding hydrogens is 274 g/mol. The third-order valence-electron chi connectivity index (χ3n) is 3.77. The number of nitrogens with zero attached hydrogens (tertiary/aromatic N) is 2. The Hall–Kier alpha value is -3.01. The number of hydrogen-bond acceptors (Lipinski definition) is 3. The first-order valence-corrected chi connectivity index (χ1v) is 7.11. The van der Waals surface area contributed by atoms with E-state index in [4.69, 9.17) is 0 Å². The van der Waals surface area contributed by atoms with Crippen molar-refractivity contribution in [2.45, 2.75) is 0 Å². The van der Waals surface area contributed by atoms with Crippen molar-refractivity contribution >= 4 is 17.6 Å². The number of guanidine groups is 1. The minimum Gasteiger partial charge on any atom is -0.290 e. The maximum atomic E-state index is 12.2. The van der Waals surface area contributed by atoms with Gasteiger partial charge in [0.2, 0.25) is 5.96 Å². The second-order valence-electron chi connectivity index (χ2n) is 5.20. The van der Waals surface area contributed by atoms with Crippen molar-refractivity contribution in [1.29, 1.82) is 0 Å². The molecule has 4 rings (SSSR count). The molecule has 106 valence electrons. The molecule has 0 aromatic heterocycles. The fourth-order valence-corrected chi connectivity index (χ4v) is 2.74. The number of carbonyl (C=O) groups excluding carboxylic acids is 1. The lowest BCUT2D eigenvalue weighted by Crippen LogP contribution is -2.35. The molecule has 1 aliphatic heterocycles. The molecule has 1 unspecified atom stereocenters. The van der Waals surface area contributed by atoms with Gasteiger partial charge in [0.1, 0.15) is 0 Å². The number of nitrogens with one attached hydrogen (secondary N) is 1. The predicted octanol–water partition coefficient (Wildman–Crippen LogP) is 2.79. The van der Waals surface area contributed by atoms with Crippen molar-refractivity contribution in [2.24, 2.45) is 15.9 Å². The molecule has 0 saturated carbocycles. The molecule has 0 bridgehead atoms. The van der Waals surface area contributed by atoms with Gasteiger partial charge >= 0.3 is 0 Å². The summed E-state index contributed by atoms with van der Waals surface area (Å²) >= 11 is 0. The van der Waals surface area contributed by atoms with Gasteiger partial charge in [0.15, 0.2) is 0 Å². The van der Waals surface area contributed by atoms with Crippen LogP contribution in [-0.4, -0.2) is 17.6 Å². The Bertz CT molecular complexity index is 821. The Morgan fingerprint density at radius 1 is 1.00 bits per heavy atom. The molecular formula is C18H13N3O. The van der Waals surface area contributed by atoms with Crippen LogP contribution in [-0.2, 0) is 0 Å². The van der Waals surface area contributed by atoms with Crippen molar-refractivity contribution in [3.05, 3.63) is 83.6 Å². The lowest BCUT2D eigenvalue weighted by Gasteiger charge is -2.27. The zero-order chi connectivity index (χ0) is 14.9. The van der Waals surface area contributed by atoms with Crippen LogP contribution in [0.15, 0.2) is 88.0 Å². The average molecular weight is 287 g/mol. The predicted molar refractivity (Wildman–Crippen MR) is 86.7 cm³/mol. The van der Waals surface area contributed by atoms with Crippen LogP contribution in [0.4, 0.5) is 0 Å². The van der Waals surface area contributed by atoms with E-state index < -0.39 is 0 Å². The summed E-state index contributed by atoms with van der Waals surface area (Å²) in [7, 11) is 0. The molecule has 4 nitrogen and oxygen atoms in total. The zero-order valence-electron chi connectivity index (χ0n) is 11.7. The quantitative estimate of drug-likeness (QED) is 0.848. The van der Waals surface area contributed by atoms with Gasteiger partial charge in [-0.3, -0.25) is 10.1 Å². The van der Waals surface area contributed by atoms with Crippen molar-refractivity contribution in [1.82, 2.24) is 5.32 Å². The number of rotatable bonds is 1. The third-order valence-corrected chi connectivity index (χ3v) is 3.77. The lowest BCUT2D eigenvalue weighted by molar-refractivity contribution is 0.0976. The van der Waals surface area contributed by atoms with Crippen LogP contribution in [0, 0.1) is 5.92 Å². The van der Waals surface area contributed by atoms with Crippen LogP contribution < -0.4 is 5.32 Å². The topological polar surface area (TPSA) is 53.8 Å². The van der Waals surface area contributed by atoms with Gasteiger partial charge in [0, 0.05) is 5.56 Å². The highest BCUT2D eigenvalue weighted by Crippen LogP contribution is 2.33. The largest absolute Gasteiger partial charge is 0.290 e. The fourth-order valence-electron chi connectivity index (χ4n) is 2.74. The van der Waals surface area contributed by atoms with E-state index in [9.17, 15) is 4.79 Å². The molecule has 1 N–H and O–H groups in total. The number of amides is 1. The van der Waals surface area contributed by atoms with Crippen molar-refractivity contribution in [3.63, 3.8) is 0 Å². The van der Waals surface area contributed by atoms with Crippen molar-refractivity contribution in [2.75, 3.05) is 0 Å². The molecule has 0 saturated heterocycles. The van der Waals surface area contributed by atoms with Gasteiger partial charge in [-0.05, 0) is 29.9 Å². The highest BCUT2D eigenvalue weighted by Gasteiger charge is 2.29. The number of benzene rings is 1. The van der Waals surface area contributed by atoms with Crippen LogP contribution >= 0.6 is 0 Å². The SMILES string of the molecule is O=C(NC1=NC2=CC=CC3=CC=CC(=N1)C32)c1ccccc1. The molecule has 3 aliphatic rings. The normalized spacial score (nSPS) is 21.2. The summed E-state index contributed by atoms with van der Waals surface area (Å²) in [5.74, 6) is 0.226. The summed E-state index contributed by atoms with van der Waals surface area (Å²) in [6.45, 7) is 0. The van der Waals surface area contributed by atoms with E-state index in [-0.39, 0.29) is 11.8 Å². The van der Waals surface area contributed by atoms with E-state index >= 15 is 0 Å². The summed E-state index contributed by atoms with van der Waals surface area (Å²) < 4.78 is 0. The Kier molecular flexibility index (Phi) is 2.93. The highest BCUT2D eigenvalue weighted by atomic mass is 16.1. The molecule has 0 radical (unpaired) electrons. The van der Waals surface area contributed by atoms with Gasteiger partial charge in [0.05, 0.1) is 17.3 Å². The molecule has 1 amide bonds. The first-order valence-electron chi connectivity index (χ1n) is 7.11. The second-order valence-corrected chi connectivity index (χ2v) is 5.20. The van der Waals surface area contributed by atoms with Gasteiger partial charge in [-0.2, -0.15) is 0 Å². The maximum absolute atomic E-state index is 12.2. The smallest absolute Gasteiger partial charge is 0.258 e. The lowest BCUT2D eigenvalue weighted by atomic mass is 9.83. The number of hydrogen-bond donors (Lipinski definition) is 1. The first kappa shape index (κ1) is 12.7. The van der Waals surface area contributed by atoms with Crippen LogP contribution in [0.3, 0.4) is 0 Å². The molecule has 2 aliphatic carbocycles. The summed E-state index contributed by atoms with van der Waals surface area (Å²) in [5, 5.41) is 2.78. The maximum Gasteiger partial charge on any atom is 0.258 e. The number of aliphatic imine (C=N–C) groups is 2. The van der Waals surface area contributed by atoms with E-state index in [2.05, 4.69) is 27.5 Å². The fraction of sp³-hybridized carbons (Fsp3) is 0.0556. The van der Waals surface area contributed by atoms with Gasteiger partial charge in [-0.15, -0.1) is 0 Å². The van der Waals surface area contributed by atoms with Crippen molar-refractivity contribution in [3.8, 4) is 0 Å². The Labute approximate surface area is 128 Å². The first-order chi connectivity index (χ1) is 10.8. The van der Waals surface area contributed by atoms with Gasteiger partial charge in [-0.1, -0.05) is 42.5 Å². The molecule has 1 aromatic carbocycles. The summed E-state index contributed by atoms with van der Waals surface area (Å²) in [5.41, 5.74) is 3.58. The van der Waals surface area contributed by atoms with Crippen LogP contribution in [0.2, 0.25) is 0 Å². The summed E-state index contributed by atoms with van der Waals surface area (Å²) in [6, 6.07) is 9.06. The second kappa shape index (κ2) is 5.07. The molecule has 4 heteroatoms. The van der Waals surface area contributed by atoms with E-state index in [1.165, 1.54) is 5.57 Å². The minimum atomic E-state index is -0.204. The van der Waals surface area contributed by atoms with Crippen molar-refractivity contribution < 1.29 is 4.79 Å². The van der Waals surface area contributed by atoms with Gasteiger partial charge < -0.3 is 0 Å². The van der Waals surface area contributed by atoms with E-state index in [0.29, 0.717) is 11.5 Å². The minimum absolute atomic E-state index is 0.0902. The molecule has 0 fully saturated rings. The molecule has 1 aromatic rings. The van der Waals surface area contributed by atoms with Crippen LogP contribution in [0.1, 0.15) is 10.4 Å². The van der Waals surface area contributed by atoms with Gasteiger partial charge in [0.25, 0.3) is 5.91 Å². The van der Waals surface area contributed by atoms with E-state index in [0.717, 1.165) is 11.4 Å². The Morgan fingerprint density at radius 2 is 1.82 bits per heavy atom. The van der Waals surface area contributed by atoms with E-state index in [1.807, 2.05) is 42.5 Å². The molecule has 22 heavy (non-hydrogen) atoms. The molecule has 1 heterocycles. The number of carbonyl (C=O) groups is 1. The zero-order valence-corrected chi connectivity index (χ0v) is 11.7. The highest BCUT2D eigenvalue weighted by molar-refractivity contribution is 6.15. The third kappa shape index (κ3) is 2.15. The van der Waals surface area contributed by atoms with Crippen LogP contribution in [0.5, 0.6) is 0 Å². The standard InChI is InChI=1S/C18H13N3O/c22-17(13-6-2-1-3-7-13)21-18-19-14-10-4-8-12-9-5-11-15(20-18)16(12)14/h1-11,16H,(H,19,20,21,22). The summed E-state index contributed by atoms with van der Waals surface area (Å²) in [4.78, 5) is 21.2. The molecule has 1 atom stereocenters. The number of allylic oxidation sites excluding steroid dienone is 7. The monoisotopic (exact) mass is 287 g/mol.